The predicted molar refractivity (Wildman–Crippen MR) is 39.6 cm³/mol. The lowest BCUT2D eigenvalue weighted by Crippen LogP contribution is -2.36. The van der Waals surface area contributed by atoms with Gasteiger partial charge in [-0.2, -0.15) is 5.26 Å². The molecule has 10 heavy (non-hydrogen) atoms. The number of hydrogen-bond acceptors (Lipinski definition) is 3. The molecule has 1 saturated heterocycles. The first-order valence-corrected chi connectivity index (χ1v) is 3.44. The number of hydrogen-bond donors (Lipinski definition) is 1. The largest absolute Gasteiger partial charge is 0.376 e. The van der Waals surface area contributed by atoms with Gasteiger partial charge >= 0.3 is 0 Å². The number of nitriles is 1. The summed E-state index contributed by atoms with van der Waals surface area (Å²) in [6, 6.07) is 1.75. The Balaban J connectivity index is 0.000000236. The number of rotatable bonds is 0. The fourth-order valence-electron chi connectivity index (χ4n) is 0.697. The average Bonchev–Trinajstić information content (AvgIpc) is 1.91. The van der Waals surface area contributed by atoms with Gasteiger partial charge in [0.2, 0.25) is 0 Å². The molecule has 1 atom stereocenters. The van der Waals surface area contributed by atoms with Crippen molar-refractivity contribution in [2.24, 2.45) is 0 Å². The zero-order valence-electron chi connectivity index (χ0n) is 6.55. The van der Waals surface area contributed by atoms with Crippen LogP contribution in [0.2, 0.25) is 0 Å². The van der Waals surface area contributed by atoms with Gasteiger partial charge in [0.25, 0.3) is 0 Å². The van der Waals surface area contributed by atoms with Crippen molar-refractivity contribution < 1.29 is 4.74 Å². The number of nitrogens with zero attached hydrogens (tertiary/aromatic N) is 1. The highest BCUT2D eigenvalue weighted by Gasteiger charge is 2.04. The summed E-state index contributed by atoms with van der Waals surface area (Å²) < 4.78 is 5.22. The van der Waals surface area contributed by atoms with Crippen molar-refractivity contribution in [3.8, 4) is 6.07 Å². The second kappa shape index (κ2) is 6.53. The molecule has 0 aromatic heterocycles. The molecule has 0 amide bonds. The zero-order valence-corrected chi connectivity index (χ0v) is 6.55. The van der Waals surface area contributed by atoms with Crippen molar-refractivity contribution in [1.29, 1.82) is 5.26 Å². The smallest absolute Gasteiger partial charge is 0.0672 e. The summed E-state index contributed by atoms with van der Waals surface area (Å²) in [6.45, 7) is 6.41. The van der Waals surface area contributed by atoms with E-state index >= 15 is 0 Å². The Bertz CT molecular complexity index is 103. The quantitative estimate of drug-likeness (QED) is 0.536. The lowest BCUT2D eigenvalue weighted by atomic mass is 10.3. The van der Waals surface area contributed by atoms with Crippen molar-refractivity contribution in [3.05, 3.63) is 0 Å². The highest BCUT2D eigenvalue weighted by molar-refractivity contribution is 4.59. The van der Waals surface area contributed by atoms with Gasteiger partial charge in [-0.3, -0.25) is 0 Å². The third-order valence-corrected chi connectivity index (χ3v) is 1.11. The molecule has 58 valence electrons. The lowest BCUT2D eigenvalue weighted by molar-refractivity contribution is 0.0410. The molecule has 1 heterocycles. The Kier molecular flexibility index (Phi) is 6.14. The van der Waals surface area contributed by atoms with Gasteiger partial charge in [0.15, 0.2) is 0 Å². The lowest BCUT2D eigenvalue weighted by Gasteiger charge is -2.18. The van der Waals surface area contributed by atoms with Crippen LogP contribution in [0.5, 0.6) is 0 Å². The molecule has 0 aromatic rings. The highest BCUT2D eigenvalue weighted by Crippen LogP contribution is 1.91. The van der Waals surface area contributed by atoms with E-state index < -0.39 is 0 Å². The second-order valence-electron chi connectivity index (χ2n) is 2.11. The maximum atomic E-state index is 7.32. The Morgan fingerprint density at radius 2 is 2.30 bits per heavy atom. The summed E-state index contributed by atoms with van der Waals surface area (Å²) in [5, 5.41) is 10.5. The number of nitrogens with one attached hydrogen (secondary N) is 1. The van der Waals surface area contributed by atoms with Crippen LogP contribution in [0.4, 0.5) is 0 Å². The van der Waals surface area contributed by atoms with Gasteiger partial charge in [-0.15, -0.1) is 0 Å². The second-order valence-corrected chi connectivity index (χ2v) is 2.11. The van der Waals surface area contributed by atoms with Crippen LogP contribution in [0.3, 0.4) is 0 Å². The molecule has 1 aliphatic heterocycles. The van der Waals surface area contributed by atoms with Gasteiger partial charge in [0.05, 0.1) is 18.8 Å². The van der Waals surface area contributed by atoms with E-state index in [9.17, 15) is 0 Å². The molecule has 3 nitrogen and oxygen atoms in total. The Morgan fingerprint density at radius 1 is 1.70 bits per heavy atom. The SMILES string of the molecule is CC#N.CC1CNCCO1. The Morgan fingerprint density at radius 3 is 2.50 bits per heavy atom. The van der Waals surface area contributed by atoms with Gasteiger partial charge in [-0.1, -0.05) is 0 Å². The van der Waals surface area contributed by atoms with E-state index in [1.54, 1.807) is 6.07 Å². The van der Waals surface area contributed by atoms with Crippen LogP contribution in [0.15, 0.2) is 0 Å². The maximum absolute atomic E-state index is 7.32. The van der Waals surface area contributed by atoms with Crippen LogP contribution in [0.25, 0.3) is 0 Å². The fourth-order valence-corrected chi connectivity index (χ4v) is 0.697. The van der Waals surface area contributed by atoms with E-state index in [-0.39, 0.29) is 0 Å². The Hall–Kier alpha value is -0.590. The standard InChI is InChI=1S/C5H11NO.C2H3N/c1-5-4-6-2-3-7-5;1-2-3/h5-6H,2-4H2,1H3;1H3. The third-order valence-electron chi connectivity index (χ3n) is 1.11. The number of morpholine rings is 1. The van der Waals surface area contributed by atoms with E-state index in [2.05, 4.69) is 12.2 Å². The van der Waals surface area contributed by atoms with Gasteiger partial charge in [-0.05, 0) is 6.92 Å². The van der Waals surface area contributed by atoms with Crippen LogP contribution in [0, 0.1) is 11.3 Å². The van der Waals surface area contributed by atoms with Gasteiger partial charge in [0.1, 0.15) is 0 Å². The van der Waals surface area contributed by atoms with Gasteiger partial charge in [0, 0.05) is 20.0 Å². The first-order valence-electron chi connectivity index (χ1n) is 3.44. The van der Waals surface area contributed by atoms with Crippen LogP contribution in [0.1, 0.15) is 13.8 Å². The summed E-state index contributed by atoms with van der Waals surface area (Å²) in [6.07, 6.45) is 0.425. The van der Waals surface area contributed by atoms with E-state index in [4.69, 9.17) is 10.00 Å². The van der Waals surface area contributed by atoms with Crippen LogP contribution in [-0.4, -0.2) is 25.8 Å². The van der Waals surface area contributed by atoms with Crippen LogP contribution < -0.4 is 5.32 Å². The summed E-state index contributed by atoms with van der Waals surface area (Å²) in [7, 11) is 0. The van der Waals surface area contributed by atoms with E-state index in [1.165, 1.54) is 6.92 Å². The molecule has 0 spiro atoms. The third kappa shape index (κ3) is 5.54. The summed E-state index contributed by atoms with van der Waals surface area (Å²) in [5.74, 6) is 0. The van der Waals surface area contributed by atoms with Crippen LogP contribution >= 0.6 is 0 Å². The molecular formula is C7H14N2O. The first kappa shape index (κ1) is 9.41. The van der Waals surface area contributed by atoms with E-state index in [0.29, 0.717) is 6.10 Å². The van der Waals surface area contributed by atoms with Gasteiger partial charge < -0.3 is 10.1 Å². The molecule has 0 bridgehead atoms. The summed E-state index contributed by atoms with van der Waals surface area (Å²) in [5.41, 5.74) is 0. The minimum Gasteiger partial charge on any atom is -0.376 e. The minimum atomic E-state index is 0.425. The van der Waals surface area contributed by atoms with Crippen molar-refractivity contribution in [2.45, 2.75) is 20.0 Å². The monoisotopic (exact) mass is 142 g/mol. The summed E-state index contributed by atoms with van der Waals surface area (Å²) >= 11 is 0. The molecule has 0 radical (unpaired) electrons. The maximum Gasteiger partial charge on any atom is 0.0672 e. The van der Waals surface area contributed by atoms with Crippen LogP contribution in [-0.2, 0) is 4.74 Å². The molecular weight excluding hydrogens is 128 g/mol. The first-order chi connectivity index (χ1) is 4.81. The van der Waals surface area contributed by atoms with Crippen molar-refractivity contribution >= 4 is 0 Å². The Labute approximate surface area is 62.0 Å². The van der Waals surface area contributed by atoms with E-state index in [1.807, 2.05) is 0 Å². The average molecular weight is 142 g/mol. The fraction of sp³-hybridized carbons (Fsp3) is 0.857. The van der Waals surface area contributed by atoms with Gasteiger partial charge in [-0.25, -0.2) is 0 Å². The molecule has 3 heteroatoms. The zero-order chi connectivity index (χ0) is 7.82. The highest BCUT2D eigenvalue weighted by atomic mass is 16.5. The van der Waals surface area contributed by atoms with Crippen molar-refractivity contribution in [3.63, 3.8) is 0 Å². The summed E-state index contributed by atoms with van der Waals surface area (Å²) in [4.78, 5) is 0. The molecule has 0 aromatic carbocycles. The van der Waals surface area contributed by atoms with Crippen molar-refractivity contribution in [1.82, 2.24) is 5.32 Å². The molecule has 0 saturated carbocycles. The van der Waals surface area contributed by atoms with E-state index in [0.717, 1.165) is 19.7 Å². The van der Waals surface area contributed by atoms with Crippen molar-refractivity contribution in [2.75, 3.05) is 19.7 Å². The predicted octanol–water partition coefficient (Wildman–Crippen LogP) is 0.525. The molecule has 1 fully saturated rings. The topological polar surface area (TPSA) is 45.0 Å². The number of ether oxygens (including phenoxy) is 1. The molecule has 1 aliphatic rings. The molecule has 1 rings (SSSR count). The normalized spacial score (nSPS) is 23.9. The molecule has 1 unspecified atom stereocenters. The minimum absolute atomic E-state index is 0.425. The molecule has 1 N–H and O–H groups in total. The molecule has 0 aliphatic carbocycles.